The van der Waals surface area contributed by atoms with Gasteiger partial charge in [0.25, 0.3) is 0 Å². The van der Waals surface area contributed by atoms with Gasteiger partial charge >= 0.3 is 0 Å². The second-order valence-corrected chi connectivity index (χ2v) is 7.48. The van der Waals surface area contributed by atoms with E-state index in [4.69, 9.17) is 4.74 Å². The van der Waals surface area contributed by atoms with E-state index in [-0.39, 0.29) is 0 Å². The van der Waals surface area contributed by atoms with E-state index in [1.54, 1.807) is 0 Å². The molecule has 1 aromatic heterocycles. The van der Waals surface area contributed by atoms with Crippen LogP contribution in [0, 0.1) is 5.92 Å². The molecule has 1 aliphatic heterocycles. The molecule has 0 bridgehead atoms. The number of aromatic nitrogens is 3. The van der Waals surface area contributed by atoms with Crippen LogP contribution in [0.1, 0.15) is 50.8 Å². The van der Waals surface area contributed by atoms with Crippen molar-refractivity contribution in [3.05, 3.63) is 5.82 Å². The van der Waals surface area contributed by atoms with E-state index in [0.29, 0.717) is 6.10 Å². The predicted molar refractivity (Wildman–Crippen MR) is 89.1 cm³/mol. The van der Waals surface area contributed by atoms with E-state index >= 15 is 0 Å². The molecule has 6 heteroatoms. The maximum absolute atomic E-state index is 5.80. The highest BCUT2D eigenvalue weighted by Crippen LogP contribution is 2.30. The first-order valence-corrected chi connectivity index (χ1v) is 9.66. The van der Waals surface area contributed by atoms with Crippen LogP contribution in [0.3, 0.4) is 0 Å². The SMILES string of the molecule is CNCc1nnc(SCC2CCCCC2)n1C[C@@H]1CCCO1. The highest BCUT2D eigenvalue weighted by Gasteiger charge is 2.22. The van der Waals surface area contributed by atoms with Gasteiger partial charge in [0.05, 0.1) is 19.2 Å². The van der Waals surface area contributed by atoms with Gasteiger partial charge in [0.1, 0.15) is 5.82 Å². The van der Waals surface area contributed by atoms with Gasteiger partial charge in [0, 0.05) is 12.4 Å². The van der Waals surface area contributed by atoms with Gasteiger partial charge in [-0.05, 0) is 38.6 Å². The molecule has 0 spiro atoms. The van der Waals surface area contributed by atoms with Gasteiger partial charge in [0.2, 0.25) is 0 Å². The molecule has 5 nitrogen and oxygen atoms in total. The summed E-state index contributed by atoms with van der Waals surface area (Å²) in [5.41, 5.74) is 0. The summed E-state index contributed by atoms with van der Waals surface area (Å²) in [5.74, 6) is 3.08. The van der Waals surface area contributed by atoms with Crippen LogP contribution >= 0.6 is 11.8 Å². The zero-order chi connectivity index (χ0) is 15.2. The molecule has 2 heterocycles. The van der Waals surface area contributed by atoms with Crippen molar-refractivity contribution in [3.63, 3.8) is 0 Å². The molecule has 1 saturated heterocycles. The molecule has 1 saturated carbocycles. The fourth-order valence-electron chi connectivity index (χ4n) is 3.44. The molecule has 0 amide bonds. The first kappa shape index (κ1) is 16.3. The number of thioether (sulfide) groups is 1. The van der Waals surface area contributed by atoms with Gasteiger partial charge in [0.15, 0.2) is 5.16 Å². The summed E-state index contributed by atoms with van der Waals surface area (Å²) in [4.78, 5) is 0. The molecule has 1 aliphatic carbocycles. The molecule has 2 aliphatic rings. The van der Waals surface area contributed by atoms with Crippen molar-refractivity contribution in [1.82, 2.24) is 20.1 Å². The van der Waals surface area contributed by atoms with Gasteiger partial charge in [-0.3, -0.25) is 0 Å². The Morgan fingerprint density at radius 1 is 1.18 bits per heavy atom. The number of hydrogen-bond acceptors (Lipinski definition) is 5. The lowest BCUT2D eigenvalue weighted by molar-refractivity contribution is 0.0941. The molecule has 1 N–H and O–H groups in total. The molecule has 3 rings (SSSR count). The van der Waals surface area contributed by atoms with Crippen LogP contribution in [-0.2, 0) is 17.8 Å². The fraction of sp³-hybridized carbons (Fsp3) is 0.875. The molecule has 2 fully saturated rings. The van der Waals surface area contributed by atoms with E-state index in [1.165, 1.54) is 44.3 Å². The van der Waals surface area contributed by atoms with Gasteiger partial charge in [-0.15, -0.1) is 10.2 Å². The average Bonchev–Trinajstić information content (AvgIpc) is 3.19. The van der Waals surface area contributed by atoms with Crippen LogP contribution in [0.15, 0.2) is 5.16 Å². The quantitative estimate of drug-likeness (QED) is 0.782. The molecule has 0 unspecified atom stereocenters. The summed E-state index contributed by atoms with van der Waals surface area (Å²) in [7, 11) is 1.96. The summed E-state index contributed by atoms with van der Waals surface area (Å²) < 4.78 is 8.08. The van der Waals surface area contributed by atoms with Crippen LogP contribution in [0.5, 0.6) is 0 Å². The van der Waals surface area contributed by atoms with Crippen molar-refractivity contribution in [2.75, 3.05) is 19.4 Å². The van der Waals surface area contributed by atoms with Crippen molar-refractivity contribution < 1.29 is 4.74 Å². The third-order valence-corrected chi connectivity index (χ3v) is 5.91. The molecule has 22 heavy (non-hydrogen) atoms. The predicted octanol–water partition coefficient (Wildman–Crippen LogP) is 2.85. The third kappa shape index (κ3) is 4.24. The molecule has 1 atom stereocenters. The Morgan fingerprint density at radius 2 is 2.05 bits per heavy atom. The zero-order valence-corrected chi connectivity index (χ0v) is 14.4. The number of rotatable bonds is 7. The van der Waals surface area contributed by atoms with E-state index in [1.807, 2.05) is 18.8 Å². The van der Waals surface area contributed by atoms with Gasteiger partial charge < -0.3 is 14.6 Å². The van der Waals surface area contributed by atoms with Crippen LogP contribution in [0.4, 0.5) is 0 Å². The Hall–Kier alpha value is -0.590. The minimum atomic E-state index is 0.334. The Bertz CT molecular complexity index is 453. The third-order valence-electron chi connectivity index (χ3n) is 4.71. The fourth-order valence-corrected chi connectivity index (χ4v) is 4.59. The topological polar surface area (TPSA) is 52.0 Å². The molecule has 0 aromatic carbocycles. The Labute approximate surface area is 137 Å². The highest BCUT2D eigenvalue weighted by atomic mass is 32.2. The lowest BCUT2D eigenvalue weighted by Crippen LogP contribution is -2.20. The van der Waals surface area contributed by atoms with Crippen molar-refractivity contribution in [3.8, 4) is 0 Å². The molecule has 124 valence electrons. The van der Waals surface area contributed by atoms with Crippen LogP contribution in [0.25, 0.3) is 0 Å². The number of nitrogens with one attached hydrogen (secondary N) is 1. The van der Waals surface area contributed by atoms with Crippen molar-refractivity contribution in [1.29, 1.82) is 0 Å². The Balaban J connectivity index is 1.63. The van der Waals surface area contributed by atoms with E-state index in [2.05, 4.69) is 20.1 Å². The van der Waals surface area contributed by atoms with Crippen LogP contribution in [0.2, 0.25) is 0 Å². The van der Waals surface area contributed by atoms with Gasteiger partial charge in [-0.1, -0.05) is 31.0 Å². The van der Waals surface area contributed by atoms with E-state index < -0.39 is 0 Å². The Morgan fingerprint density at radius 3 is 2.77 bits per heavy atom. The van der Waals surface area contributed by atoms with Crippen LogP contribution < -0.4 is 5.32 Å². The zero-order valence-electron chi connectivity index (χ0n) is 13.6. The molecular weight excluding hydrogens is 296 g/mol. The van der Waals surface area contributed by atoms with Crippen molar-refractivity contribution in [2.24, 2.45) is 5.92 Å². The molecule has 0 radical (unpaired) electrons. The van der Waals surface area contributed by atoms with Crippen molar-refractivity contribution in [2.45, 2.75) is 69.3 Å². The van der Waals surface area contributed by atoms with Gasteiger partial charge in [-0.25, -0.2) is 0 Å². The lowest BCUT2D eigenvalue weighted by Gasteiger charge is -2.21. The van der Waals surface area contributed by atoms with E-state index in [0.717, 1.165) is 43.0 Å². The lowest BCUT2D eigenvalue weighted by atomic mass is 9.91. The van der Waals surface area contributed by atoms with E-state index in [9.17, 15) is 0 Å². The summed E-state index contributed by atoms with van der Waals surface area (Å²) in [6.45, 7) is 2.57. The monoisotopic (exact) mass is 324 g/mol. The summed E-state index contributed by atoms with van der Waals surface area (Å²) in [6.07, 6.45) is 9.66. The first-order chi connectivity index (χ1) is 10.9. The molecule has 1 aromatic rings. The summed E-state index contributed by atoms with van der Waals surface area (Å²) in [6, 6.07) is 0. The summed E-state index contributed by atoms with van der Waals surface area (Å²) in [5, 5.41) is 13.1. The number of nitrogens with zero attached hydrogens (tertiary/aromatic N) is 3. The largest absolute Gasteiger partial charge is 0.376 e. The average molecular weight is 324 g/mol. The normalized spacial score (nSPS) is 23.2. The number of ether oxygens (including phenoxy) is 1. The minimum absolute atomic E-state index is 0.334. The maximum atomic E-state index is 5.80. The Kier molecular flexibility index (Phi) is 6.15. The van der Waals surface area contributed by atoms with Crippen molar-refractivity contribution >= 4 is 11.8 Å². The van der Waals surface area contributed by atoms with Gasteiger partial charge in [-0.2, -0.15) is 0 Å². The maximum Gasteiger partial charge on any atom is 0.191 e. The second kappa shape index (κ2) is 8.31. The summed E-state index contributed by atoms with van der Waals surface area (Å²) >= 11 is 1.89. The van der Waals surface area contributed by atoms with Crippen LogP contribution in [-0.4, -0.2) is 40.3 Å². The standard InChI is InChI=1S/C16H28N4OS/c1-17-10-15-18-19-16(20(15)11-14-8-5-9-21-14)22-12-13-6-3-2-4-7-13/h13-14,17H,2-12H2,1H3/t14-/m0/s1. The highest BCUT2D eigenvalue weighted by molar-refractivity contribution is 7.99. The molecular formula is C16H28N4OS. The second-order valence-electron chi connectivity index (χ2n) is 6.49. The number of hydrogen-bond donors (Lipinski definition) is 1. The minimum Gasteiger partial charge on any atom is -0.376 e. The first-order valence-electron chi connectivity index (χ1n) is 8.68. The smallest absolute Gasteiger partial charge is 0.191 e.